The lowest BCUT2D eigenvalue weighted by molar-refractivity contribution is 0.228. The van der Waals surface area contributed by atoms with Crippen molar-refractivity contribution in [2.24, 2.45) is 0 Å². The van der Waals surface area contributed by atoms with Crippen LogP contribution in [0, 0.1) is 0 Å². The summed E-state index contributed by atoms with van der Waals surface area (Å²) in [5.41, 5.74) is 0.796. The minimum atomic E-state index is -0.611. The van der Waals surface area contributed by atoms with Gasteiger partial charge in [-0.3, -0.25) is 0 Å². The maximum absolute atomic E-state index is 9.38. The molecule has 0 spiro atoms. The summed E-state index contributed by atoms with van der Waals surface area (Å²) in [7, 11) is 1.60. The van der Waals surface area contributed by atoms with Crippen LogP contribution in [0.15, 0.2) is 36.9 Å². The zero-order valence-corrected chi connectivity index (χ0v) is 7.03. The third kappa shape index (κ3) is 1.86. The molecule has 1 aromatic carbocycles. The van der Waals surface area contributed by atoms with E-state index in [0.717, 1.165) is 11.3 Å². The number of aliphatic hydroxyl groups excluding tert-OH is 1. The van der Waals surface area contributed by atoms with Crippen molar-refractivity contribution in [3.05, 3.63) is 42.5 Å². The van der Waals surface area contributed by atoms with Crippen molar-refractivity contribution in [3.63, 3.8) is 0 Å². The van der Waals surface area contributed by atoms with Gasteiger partial charge in [0.15, 0.2) is 0 Å². The maximum Gasteiger partial charge on any atom is 0.119 e. The highest BCUT2D eigenvalue weighted by atomic mass is 16.5. The van der Waals surface area contributed by atoms with Crippen molar-refractivity contribution in [2.75, 3.05) is 7.11 Å². The fourth-order valence-corrected chi connectivity index (χ4v) is 0.962. The van der Waals surface area contributed by atoms with Crippen LogP contribution in [-0.2, 0) is 0 Å². The van der Waals surface area contributed by atoms with Crippen LogP contribution in [0.5, 0.6) is 5.75 Å². The molecule has 2 nitrogen and oxygen atoms in total. The standard InChI is InChI=1S/C10H12O2/c1-3-10(11)8-5-4-6-9(7-8)12-2/h3-7,10-11H,1H2,2H3/t10-/m1/s1. The zero-order valence-electron chi connectivity index (χ0n) is 7.03. The quantitative estimate of drug-likeness (QED) is 0.691. The molecule has 0 radical (unpaired) electrons. The van der Waals surface area contributed by atoms with E-state index in [9.17, 15) is 5.11 Å². The van der Waals surface area contributed by atoms with E-state index in [-0.39, 0.29) is 0 Å². The molecule has 1 N–H and O–H groups in total. The van der Waals surface area contributed by atoms with Gasteiger partial charge in [-0.2, -0.15) is 0 Å². The van der Waals surface area contributed by atoms with Gasteiger partial charge in [0.05, 0.1) is 13.2 Å². The van der Waals surface area contributed by atoms with Gasteiger partial charge in [0.1, 0.15) is 5.75 Å². The Kier molecular flexibility index (Phi) is 2.88. The second kappa shape index (κ2) is 3.93. The molecule has 1 rings (SSSR count). The minimum Gasteiger partial charge on any atom is -0.497 e. The van der Waals surface area contributed by atoms with Crippen LogP contribution in [0.3, 0.4) is 0 Å². The lowest BCUT2D eigenvalue weighted by Gasteiger charge is -2.06. The van der Waals surface area contributed by atoms with Gasteiger partial charge < -0.3 is 9.84 Å². The summed E-state index contributed by atoms with van der Waals surface area (Å²) < 4.78 is 5.00. The van der Waals surface area contributed by atoms with Gasteiger partial charge in [-0.05, 0) is 17.7 Å². The molecule has 0 amide bonds. The molecule has 1 atom stereocenters. The first-order chi connectivity index (χ1) is 5.77. The predicted molar refractivity (Wildman–Crippen MR) is 48.2 cm³/mol. The molecular formula is C10H12O2. The van der Waals surface area contributed by atoms with Crippen LogP contribution in [-0.4, -0.2) is 12.2 Å². The Labute approximate surface area is 72.1 Å². The van der Waals surface area contributed by atoms with Crippen LogP contribution < -0.4 is 4.74 Å². The third-order valence-corrected chi connectivity index (χ3v) is 1.66. The Morgan fingerprint density at radius 3 is 2.92 bits per heavy atom. The van der Waals surface area contributed by atoms with E-state index in [4.69, 9.17) is 4.74 Å². The second-order valence-corrected chi connectivity index (χ2v) is 2.46. The molecule has 0 saturated carbocycles. The topological polar surface area (TPSA) is 29.5 Å². The Morgan fingerprint density at radius 1 is 1.58 bits per heavy atom. The van der Waals surface area contributed by atoms with Crippen molar-refractivity contribution >= 4 is 0 Å². The zero-order chi connectivity index (χ0) is 8.97. The molecule has 0 unspecified atom stereocenters. The molecule has 1 aromatic rings. The summed E-state index contributed by atoms with van der Waals surface area (Å²) in [6.07, 6.45) is 0.870. The van der Waals surface area contributed by atoms with E-state index in [1.807, 2.05) is 18.2 Å². The van der Waals surface area contributed by atoms with Gasteiger partial charge in [0.25, 0.3) is 0 Å². The van der Waals surface area contributed by atoms with Crippen molar-refractivity contribution in [1.82, 2.24) is 0 Å². The summed E-state index contributed by atoms with van der Waals surface area (Å²) in [4.78, 5) is 0. The van der Waals surface area contributed by atoms with Crippen LogP contribution in [0.4, 0.5) is 0 Å². The molecule has 0 heterocycles. The molecule has 0 aliphatic carbocycles. The Balaban J connectivity index is 2.93. The smallest absolute Gasteiger partial charge is 0.119 e. The molecule has 0 saturated heterocycles. The first-order valence-corrected chi connectivity index (χ1v) is 3.72. The molecule has 2 heteroatoms. The summed E-state index contributed by atoms with van der Waals surface area (Å²) in [6, 6.07) is 7.28. The van der Waals surface area contributed by atoms with Gasteiger partial charge >= 0.3 is 0 Å². The summed E-state index contributed by atoms with van der Waals surface area (Å²) in [6.45, 7) is 3.50. The van der Waals surface area contributed by atoms with E-state index in [2.05, 4.69) is 6.58 Å². The van der Waals surface area contributed by atoms with Crippen molar-refractivity contribution in [2.45, 2.75) is 6.10 Å². The van der Waals surface area contributed by atoms with Crippen LogP contribution >= 0.6 is 0 Å². The van der Waals surface area contributed by atoms with Gasteiger partial charge in [0.2, 0.25) is 0 Å². The lowest BCUT2D eigenvalue weighted by Crippen LogP contribution is -1.92. The Bertz CT molecular complexity index is 268. The monoisotopic (exact) mass is 164 g/mol. The first kappa shape index (κ1) is 8.81. The highest BCUT2D eigenvalue weighted by Gasteiger charge is 2.02. The average Bonchev–Trinajstić information content (AvgIpc) is 2.17. The van der Waals surface area contributed by atoms with Crippen LogP contribution in [0.2, 0.25) is 0 Å². The fourth-order valence-electron chi connectivity index (χ4n) is 0.962. The normalized spacial score (nSPS) is 12.2. The molecule has 0 aliphatic rings. The van der Waals surface area contributed by atoms with Gasteiger partial charge in [0, 0.05) is 0 Å². The van der Waals surface area contributed by atoms with E-state index in [1.165, 1.54) is 6.08 Å². The molecule has 12 heavy (non-hydrogen) atoms. The molecule has 0 aliphatic heterocycles. The number of hydrogen-bond donors (Lipinski definition) is 1. The lowest BCUT2D eigenvalue weighted by atomic mass is 10.1. The van der Waals surface area contributed by atoms with Crippen molar-refractivity contribution in [1.29, 1.82) is 0 Å². The van der Waals surface area contributed by atoms with E-state index < -0.39 is 6.10 Å². The van der Waals surface area contributed by atoms with Gasteiger partial charge in [-0.25, -0.2) is 0 Å². The maximum atomic E-state index is 9.38. The molecule has 64 valence electrons. The molecule has 0 bridgehead atoms. The Hall–Kier alpha value is -1.28. The number of methoxy groups -OCH3 is 1. The average molecular weight is 164 g/mol. The number of benzene rings is 1. The summed E-state index contributed by atoms with van der Waals surface area (Å²) in [5.74, 6) is 0.744. The number of hydrogen-bond acceptors (Lipinski definition) is 2. The highest BCUT2D eigenvalue weighted by Crippen LogP contribution is 2.19. The van der Waals surface area contributed by atoms with Crippen molar-refractivity contribution in [3.8, 4) is 5.75 Å². The molecule has 0 fully saturated rings. The molecular weight excluding hydrogens is 152 g/mol. The third-order valence-electron chi connectivity index (χ3n) is 1.66. The van der Waals surface area contributed by atoms with Crippen molar-refractivity contribution < 1.29 is 9.84 Å². The number of ether oxygens (including phenoxy) is 1. The Morgan fingerprint density at radius 2 is 2.33 bits per heavy atom. The first-order valence-electron chi connectivity index (χ1n) is 3.72. The van der Waals surface area contributed by atoms with E-state index in [1.54, 1.807) is 13.2 Å². The van der Waals surface area contributed by atoms with Crippen LogP contribution in [0.25, 0.3) is 0 Å². The second-order valence-electron chi connectivity index (χ2n) is 2.46. The highest BCUT2D eigenvalue weighted by molar-refractivity contribution is 5.31. The minimum absolute atomic E-state index is 0.611. The SMILES string of the molecule is C=C[C@@H](O)c1cccc(OC)c1. The molecule has 0 aromatic heterocycles. The van der Waals surface area contributed by atoms with Crippen LogP contribution in [0.1, 0.15) is 11.7 Å². The summed E-state index contributed by atoms with van der Waals surface area (Å²) in [5, 5.41) is 9.38. The van der Waals surface area contributed by atoms with Gasteiger partial charge in [-0.15, -0.1) is 6.58 Å². The van der Waals surface area contributed by atoms with Gasteiger partial charge in [-0.1, -0.05) is 18.2 Å². The number of rotatable bonds is 3. The number of aliphatic hydroxyl groups is 1. The summed E-state index contributed by atoms with van der Waals surface area (Å²) >= 11 is 0. The predicted octanol–water partition coefficient (Wildman–Crippen LogP) is 1.91. The largest absolute Gasteiger partial charge is 0.497 e. The van der Waals surface area contributed by atoms with E-state index >= 15 is 0 Å². The fraction of sp³-hybridized carbons (Fsp3) is 0.200. The van der Waals surface area contributed by atoms with E-state index in [0.29, 0.717) is 0 Å².